The summed E-state index contributed by atoms with van der Waals surface area (Å²) in [6, 6.07) is 11.6. The van der Waals surface area contributed by atoms with Crippen molar-refractivity contribution in [1.29, 1.82) is 0 Å². The lowest BCUT2D eigenvalue weighted by molar-refractivity contribution is -0.122. The molecule has 2 aromatic rings. The molecule has 7 heteroatoms. The summed E-state index contributed by atoms with van der Waals surface area (Å²) in [5.41, 5.74) is 1.27. The van der Waals surface area contributed by atoms with Crippen molar-refractivity contribution in [2.75, 3.05) is 5.32 Å². The third kappa shape index (κ3) is 4.67. The normalized spacial score (nSPS) is 16.0. The fraction of sp³-hybridized carbons (Fsp3) is 0.381. The van der Waals surface area contributed by atoms with E-state index in [1.54, 1.807) is 43.3 Å². The lowest BCUT2D eigenvalue weighted by Gasteiger charge is -2.17. The SMILES string of the molecule is Cc1cc(Cl)ccc1OC(C)C(=O)Nc1cccc(S(=O)(=O)C2CCCC2)c1. The lowest BCUT2D eigenvalue weighted by Crippen LogP contribution is -2.30. The zero-order chi connectivity index (χ0) is 20.3. The first kappa shape index (κ1) is 20.7. The first-order valence-corrected chi connectivity index (χ1v) is 11.3. The second-order valence-corrected chi connectivity index (χ2v) is 9.80. The van der Waals surface area contributed by atoms with E-state index in [2.05, 4.69) is 5.32 Å². The molecule has 0 heterocycles. The number of anilines is 1. The van der Waals surface area contributed by atoms with Crippen LogP contribution < -0.4 is 10.1 Å². The Bertz CT molecular complexity index is 968. The number of sulfone groups is 1. The molecule has 0 bridgehead atoms. The van der Waals surface area contributed by atoms with E-state index in [1.165, 1.54) is 6.07 Å². The molecule has 5 nitrogen and oxygen atoms in total. The Hall–Kier alpha value is -2.05. The maximum absolute atomic E-state index is 12.8. The van der Waals surface area contributed by atoms with E-state index in [9.17, 15) is 13.2 Å². The largest absolute Gasteiger partial charge is 0.481 e. The van der Waals surface area contributed by atoms with Crippen LogP contribution >= 0.6 is 11.6 Å². The summed E-state index contributed by atoms with van der Waals surface area (Å²) in [5, 5.41) is 3.02. The number of aryl methyl sites for hydroxylation is 1. The Morgan fingerprint density at radius 2 is 1.89 bits per heavy atom. The predicted molar refractivity (Wildman–Crippen MR) is 111 cm³/mol. The average Bonchev–Trinajstić information content (AvgIpc) is 3.20. The summed E-state index contributed by atoms with van der Waals surface area (Å²) in [4.78, 5) is 12.7. The van der Waals surface area contributed by atoms with Gasteiger partial charge in [-0.3, -0.25) is 4.79 Å². The summed E-state index contributed by atoms with van der Waals surface area (Å²) < 4.78 is 31.3. The molecule has 1 atom stereocenters. The van der Waals surface area contributed by atoms with Crippen molar-refractivity contribution in [1.82, 2.24) is 0 Å². The Morgan fingerprint density at radius 3 is 2.57 bits per heavy atom. The van der Waals surface area contributed by atoms with Crippen molar-refractivity contribution in [3.63, 3.8) is 0 Å². The number of hydrogen-bond acceptors (Lipinski definition) is 4. The van der Waals surface area contributed by atoms with Crippen molar-refractivity contribution in [2.24, 2.45) is 0 Å². The highest BCUT2D eigenvalue weighted by atomic mass is 35.5. The molecule has 0 spiro atoms. The summed E-state index contributed by atoms with van der Waals surface area (Å²) >= 11 is 5.94. The molecule has 1 saturated carbocycles. The Labute approximate surface area is 171 Å². The highest BCUT2D eigenvalue weighted by Gasteiger charge is 2.30. The van der Waals surface area contributed by atoms with Gasteiger partial charge in [-0.15, -0.1) is 0 Å². The number of ether oxygens (including phenoxy) is 1. The molecule has 1 aliphatic carbocycles. The highest BCUT2D eigenvalue weighted by Crippen LogP contribution is 2.30. The van der Waals surface area contributed by atoms with Gasteiger partial charge in [-0.25, -0.2) is 8.42 Å². The van der Waals surface area contributed by atoms with E-state index >= 15 is 0 Å². The number of amides is 1. The molecule has 0 aromatic heterocycles. The maximum Gasteiger partial charge on any atom is 0.265 e. The molecule has 0 saturated heterocycles. The van der Waals surface area contributed by atoms with Crippen LogP contribution in [0.2, 0.25) is 5.02 Å². The number of nitrogens with one attached hydrogen (secondary N) is 1. The van der Waals surface area contributed by atoms with Crippen LogP contribution in [-0.2, 0) is 14.6 Å². The fourth-order valence-electron chi connectivity index (χ4n) is 3.37. The van der Waals surface area contributed by atoms with Gasteiger partial charge in [0.2, 0.25) is 0 Å². The summed E-state index contributed by atoms with van der Waals surface area (Å²) in [6.07, 6.45) is 2.53. The van der Waals surface area contributed by atoms with E-state index in [4.69, 9.17) is 16.3 Å². The van der Waals surface area contributed by atoms with Crippen molar-refractivity contribution >= 4 is 33.0 Å². The first-order valence-electron chi connectivity index (χ1n) is 9.35. The van der Waals surface area contributed by atoms with Crippen LogP contribution in [0.25, 0.3) is 0 Å². The molecule has 2 aromatic carbocycles. The van der Waals surface area contributed by atoms with E-state index < -0.39 is 15.9 Å². The summed E-state index contributed by atoms with van der Waals surface area (Å²) in [7, 11) is -3.37. The van der Waals surface area contributed by atoms with E-state index in [-0.39, 0.29) is 16.1 Å². The molecular weight excluding hydrogens is 398 g/mol. The smallest absolute Gasteiger partial charge is 0.265 e. The number of carbonyl (C=O) groups is 1. The lowest BCUT2D eigenvalue weighted by atomic mass is 10.2. The van der Waals surface area contributed by atoms with Crippen molar-refractivity contribution < 1.29 is 17.9 Å². The van der Waals surface area contributed by atoms with Gasteiger partial charge in [-0.1, -0.05) is 30.5 Å². The number of hydrogen-bond donors (Lipinski definition) is 1. The first-order chi connectivity index (χ1) is 13.3. The van der Waals surface area contributed by atoms with Crippen LogP contribution in [-0.4, -0.2) is 25.7 Å². The highest BCUT2D eigenvalue weighted by molar-refractivity contribution is 7.92. The molecule has 0 radical (unpaired) electrons. The third-order valence-electron chi connectivity index (χ3n) is 4.98. The zero-order valence-electron chi connectivity index (χ0n) is 15.9. The predicted octanol–water partition coefficient (Wildman–Crippen LogP) is 4.77. The molecule has 1 aliphatic rings. The quantitative estimate of drug-likeness (QED) is 0.729. The number of benzene rings is 2. The fourth-order valence-corrected chi connectivity index (χ4v) is 5.50. The molecule has 1 amide bonds. The topological polar surface area (TPSA) is 72.5 Å². The molecule has 1 N–H and O–H groups in total. The molecule has 1 unspecified atom stereocenters. The van der Waals surface area contributed by atoms with E-state index in [1.807, 2.05) is 6.92 Å². The van der Waals surface area contributed by atoms with Gasteiger partial charge < -0.3 is 10.1 Å². The number of carbonyl (C=O) groups excluding carboxylic acids is 1. The Kier molecular flexibility index (Phi) is 6.30. The Morgan fingerprint density at radius 1 is 1.18 bits per heavy atom. The molecule has 1 fully saturated rings. The molecule has 0 aliphatic heterocycles. The average molecular weight is 422 g/mol. The molecular formula is C21H24ClNO4S. The van der Waals surface area contributed by atoms with Crippen LogP contribution in [0.4, 0.5) is 5.69 Å². The van der Waals surface area contributed by atoms with Crippen LogP contribution in [0, 0.1) is 6.92 Å². The summed E-state index contributed by atoms with van der Waals surface area (Å²) in [6.45, 7) is 3.49. The van der Waals surface area contributed by atoms with Gasteiger partial charge in [0.25, 0.3) is 5.91 Å². The Balaban J connectivity index is 1.70. The summed E-state index contributed by atoms with van der Waals surface area (Å²) in [5.74, 6) is 0.217. The van der Waals surface area contributed by atoms with Gasteiger partial charge in [0.1, 0.15) is 5.75 Å². The van der Waals surface area contributed by atoms with Crippen molar-refractivity contribution in [3.8, 4) is 5.75 Å². The minimum absolute atomic E-state index is 0.249. The van der Waals surface area contributed by atoms with Crippen LogP contribution in [0.5, 0.6) is 5.75 Å². The van der Waals surface area contributed by atoms with E-state index in [0.29, 0.717) is 29.3 Å². The van der Waals surface area contributed by atoms with Gasteiger partial charge in [0.15, 0.2) is 15.9 Å². The minimum Gasteiger partial charge on any atom is -0.481 e. The maximum atomic E-state index is 12.8. The zero-order valence-corrected chi connectivity index (χ0v) is 17.5. The standard InChI is InChI=1S/C21H24ClNO4S/c1-14-12-16(22)10-11-20(14)27-15(2)21(24)23-17-6-5-9-19(13-17)28(25,26)18-7-3-4-8-18/h5-6,9-13,15,18H,3-4,7-8H2,1-2H3,(H,23,24). The number of halogens is 1. The van der Waals surface area contributed by atoms with Gasteiger partial charge in [-0.2, -0.15) is 0 Å². The van der Waals surface area contributed by atoms with Crippen molar-refractivity contribution in [3.05, 3.63) is 53.1 Å². The molecule has 28 heavy (non-hydrogen) atoms. The second kappa shape index (κ2) is 8.53. The van der Waals surface area contributed by atoms with Crippen molar-refractivity contribution in [2.45, 2.75) is 55.8 Å². The van der Waals surface area contributed by atoms with E-state index in [0.717, 1.165) is 18.4 Å². The van der Waals surface area contributed by atoms with Crippen LogP contribution in [0.15, 0.2) is 47.4 Å². The van der Waals surface area contributed by atoms with Crippen LogP contribution in [0.3, 0.4) is 0 Å². The number of rotatable bonds is 6. The van der Waals surface area contributed by atoms with Gasteiger partial charge in [0.05, 0.1) is 10.1 Å². The van der Waals surface area contributed by atoms with Gasteiger partial charge in [-0.05, 0) is 68.7 Å². The van der Waals surface area contributed by atoms with Crippen LogP contribution in [0.1, 0.15) is 38.2 Å². The molecule has 150 valence electrons. The third-order valence-corrected chi connectivity index (χ3v) is 7.48. The second-order valence-electron chi connectivity index (χ2n) is 7.14. The minimum atomic E-state index is -3.37. The monoisotopic (exact) mass is 421 g/mol. The van der Waals surface area contributed by atoms with Gasteiger partial charge in [0, 0.05) is 10.7 Å². The van der Waals surface area contributed by atoms with Gasteiger partial charge >= 0.3 is 0 Å². The molecule has 3 rings (SSSR count).